The van der Waals surface area contributed by atoms with Crippen LogP contribution in [0.25, 0.3) is 22.0 Å². The van der Waals surface area contributed by atoms with Gasteiger partial charge in [-0.3, -0.25) is 23.9 Å². The van der Waals surface area contributed by atoms with Gasteiger partial charge in [0.1, 0.15) is 30.3 Å². The lowest BCUT2D eigenvalue weighted by Gasteiger charge is -2.24. The number of aromatic nitrogens is 5. The molecule has 3 amide bonds. The van der Waals surface area contributed by atoms with E-state index in [-0.39, 0.29) is 42.4 Å². The molecule has 1 saturated heterocycles. The van der Waals surface area contributed by atoms with Gasteiger partial charge in [-0.2, -0.15) is 5.10 Å². The molecule has 1 aromatic carbocycles. The van der Waals surface area contributed by atoms with Gasteiger partial charge in [-0.1, -0.05) is 6.07 Å². The number of carbonyl (C=O) groups excluding carboxylic acids is 4. The number of rotatable bonds is 7. The molecule has 1 N–H and O–H groups in total. The Morgan fingerprint density at radius 3 is 2.48 bits per heavy atom. The maximum Gasteiger partial charge on any atom is 0.274 e. The summed E-state index contributed by atoms with van der Waals surface area (Å²) in [6.07, 6.45) is 3.18. The third kappa shape index (κ3) is 5.57. The number of fused-ring (bicyclic) bond motifs is 1. The van der Waals surface area contributed by atoms with Crippen LogP contribution < -0.4 is 5.32 Å². The van der Waals surface area contributed by atoms with Gasteiger partial charge in [0, 0.05) is 57.0 Å². The zero-order valence-corrected chi connectivity index (χ0v) is 23.5. The van der Waals surface area contributed by atoms with Crippen LogP contribution in [0, 0.1) is 6.92 Å². The van der Waals surface area contributed by atoms with E-state index >= 15 is 0 Å². The Bertz CT molecular complexity index is 1700. The van der Waals surface area contributed by atoms with Gasteiger partial charge in [-0.25, -0.2) is 19.3 Å². The summed E-state index contributed by atoms with van der Waals surface area (Å²) < 4.78 is 16.0. The largest absolute Gasteiger partial charge is 0.343 e. The number of anilines is 1. The Morgan fingerprint density at radius 2 is 1.79 bits per heavy atom. The highest BCUT2D eigenvalue weighted by Crippen LogP contribution is 2.28. The normalized spacial score (nSPS) is 16.5. The molecule has 0 saturated carbocycles. The first-order valence-corrected chi connectivity index (χ1v) is 13.2. The Hall–Kier alpha value is -5.07. The molecular weight excluding hydrogens is 543 g/mol. The number of hydrogen-bond acceptors (Lipinski definition) is 8. The predicted molar refractivity (Wildman–Crippen MR) is 151 cm³/mol. The number of aryl methyl sites for hydroxylation is 1. The van der Waals surface area contributed by atoms with Crippen molar-refractivity contribution in [1.82, 2.24) is 34.5 Å². The van der Waals surface area contributed by atoms with Crippen molar-refractivity contribution in [1.29, 1.82) is 0 Å². The highest BCUT2D eigenvalue weighted by atomic mass is 19.1. The van der Waals surface area contributed by atoms with Crippen LogP contribution in [0.4, 0.5) is 10.1 Å². The third-order valence-electron chi connectivity index (χ3n) is 7.03. The zero-order chi connectivity index (χ0) is 30.1. The average Bonchev–Trinajstić information content (AvgIpc) is 3.53. The molecule has 1 aliphatic rings. The van der Waals surface area contributed by atoms with Crippen molar-refractivity contribution in [2.45, 2.75) is 39.0 Å². The van der Waals surface area contributed by atoms with Gasteiger partial charge in [0.2, 0.25) is 11.8 Å². The summed E-state index contributed by atoms with van der Waals surface area (Å²) in [5.74, 6) is -1.25. The Kier molecular flexibility index (Phi) is 7.74. The molecule has 0 aliphatic carbocycles. The van der Waals surface area contributed by atoms with E-state index in [1.165, 1.54) is 33.7 Å². The monoisotopic (exact) mass is 572 g/mol. The number of nitrogens with one attached hydrogen (secondary N) is 1. The van der Waals surface area contributed by atoms with Crippen LogP contribution in [0.5, 0.6) is 0 Å². The van der Waals surface area contributed by atoms with Crippen LogP contribution >= 0.6 is 0 Å². The molecule has 0 radical (unpaired) electrons. The number of nitrogens with zero attached hydrogens (tertiary/aromatic N) is 7. The lowest BCUT2D eigenvalue weighted by atomic mass is 10.0. The van der Waals surface area contributed by atoms with E-state index in [1.807, 2.05) is 6.07 Å². The summed E-state index contributed by atoms with van der Waals surface area (Å²) in [4.78, 5) is 66.7. The highest BCUT2D eigenvalue weighted by Gasteiger charge is 2.40. The summed E-state index contributed by atoms with van der Waals surface area (Å²) >= 11 is 0. The minimum atomic E-state index is -1.41. The zero-order valence-electron chi connectivity index (χ0n) is 23.5. The second-order valence-corrected chi connectivity index (χ2v) is 10.3. The fraction of sp³-hybridized carbons (Fsp3) is 0.310. The minimum Gasteiger partial charge on any atom is -0.343 e. The molecule has 0 unspecified atom stereocenters. The number of hydrogen-bond donors (Lipinski definition) is 1. The minimum absolute atomic E-state index is 0.0277. The summed E-state index contributed by atoms with van der Waals surface area (Å²) in [7, 11) is 3.11. The molecule has 216 valence electrons. The second-order valence-electron chi connectivity index (χ2n) is 10.3. The lowest BCUT2D eigenvalue weighted by Crippen LogP contribution is -2.44. The van der Waals surface area contributed by atoms with Gasteiger partial charge in [0.25, 0.3) is 5.91 Å². The average molecular weight is 573 g/mol. The van der Waals surface area contributed by atoms with Crippen LogP contribution in [0.1, 0.15) is 40.1 Å². The molecule has 3 aromatic heterocycles. The molecule has 4 aromatic rings. The molecular formula is C29H29FN8O4. The SMILES string of the molecule is CC(=O)c1nn(CC(=O)N2C[C@H](F)C[C@H]2C(=O)Nc2cccnc2C(=O)N(C)C)c2ccc(-c3cnc(C)nc3)cc12. The van der Waals surface area contributed by atoms with Crippen LogP contribution in [0.15, 0.2) is 48.9 Å². The molecule has 13 heteroatoms. The van der Waals surface area contributed by atoms with E-state index in [1.54, 1.807) is 51.6 Å². The summed E-state index contributed by atoms with van der Waals surface area (Å²) in [6.45, 7) is 2.58. The topological polar surface area (TPSA) is 143 Å². The molecule has 42 heavy (non-hydrogen) atoms. The quantitative estimate of drug-likeness (QED) is 0.333. The van der Waals surface area contributed by atoms with Gasteiger partial charge in [0.15, 0.2) is 11.5 Å². The van der Waals surface area contributed by atoms with E-state index in [0.717, 1.165) is 11.1 Å². The van der Waals surface area contributed by atoms with Crippen LogP contribution in [0.2, 0.25) is 0 Å². The Balaban J connectivity index is 1.40. The number of alkyl halides is 1. The second kappa shape index (κ2) is 11.4. The fourth-order valence-electron chi connectivity index (χ4n) is 4.91. The third-order valence-corrected chi connectivity index (χ3v) is 7.03. The smallest absolute Gasteiger partial charge is 0.274 e. The van der Waals surface area contributed by atoms with Gasteiger partial charge in [0.05, 0.1) is 17.7 Å². The van der Waals surface area contributed by atoms with Gasteiger partial charge in [-0.05, 0) is 36.8 Å². The fourth-order valence-corrected chi connectivity index (χ4v) is 4.91. The van der Waals surface area contributed by atoms with Crippen molar-refractivity contribution in [3.63, 3.8) is 0 Å². The van der Waals surface area contributed by atoms with E-state index < -0.39 is 29.9 Å². The molecule has 2 atom stereocenters. The summed E-state index contributed by atoms with van der Waals surface area (Å²) in [5, 5.41) is 7.59. The van der Waals surface area contributed by atoms with Crippen molar-refractivity contribution in [3.05, 3.63) is 66.1 Å². The number of benzene rings is 1. The van der Waals surface area contributed by atoms with Crippen molar-refractivity contribution < 1.29 is 23.6 Å². The standard InChI is InChI=1S/C29H29FN8O4/c1-16(39)26-21-10-18(19-12-32-17(2)33-13-19)7-8-23(21)38(35-26)15-25(40)37-14-20(30)11-24(37)28(41)34-22-6-5-9-31-27(22)29(42)36(3)4/h5-10,12-13,20,24H,11,14-15H2,1-4H3,(H,34,41)/t20-,24+/m1/s1. The number of likely N-dealkylation sites (tertiary alicyclic amines) is 1. The number of Topliss-reactive ketones (excluding diaryl/α,β-unsaturated/α-hetero) is 1. The predicted octanol–water partition coefficient (Wildman–Crippen LogP) is 2.68. The first kappa shape index (κ1) is 28.5. The van der Waals surface area contributed by atoms with Crippen LogP contribution in [-0.2, 0) is 16.1 Å². The van der Waals surface area contributed by atoms with Crippen molar-refractivity contribution in [2.75, 3.05) is 26.0 Å². The van der Waals surface area contributed by atoms with E-state index in [4.69, 9.17) is 0 Å². The van der Waals surface area contributed by atoms with E-state index in [2.05, 4.69) is 25.4 Å². The molecule has 0 bridgehead atoms. The van der Waals surface area contributed by atoms with Crippen molar-refractivity contribution >= 4 is 40.1 Å². The highest BCUT2D eigenvalue weighted by molar-refractivity contribution is 6.06. The maximum absolute atomic E-state index is 14.6. The first-order chi connectivity index (χ1) is 20.0. The van der Waals surface area contributed by atoms with E-state index in [9.17, 15) is 23.6 Å². The van der Waals surface area contributed by atoms with Gasteiger partial charge < -0.3 is 15.1 Å². The number of halogens is 1. The molecule has 0 spiro atoms. The first-order valence-electron chi connectivity index (χ1n) is 13.2. The Labute approximate surface area is 240 Å². The van der Waals surface area contributed by atoms with Gasteiger partial charge in [-0.15, -0.1) is 0 Å². The summed E-state index contributed by atoms with van der Waals surface area (Å²) in [6, 6.07) is 7.31. The molecule has 12 nitrogen and oxygen atoms in total. The summed E-state index contributed by atoms with van der Waals surface area (Å²) in [5.41, 5.74) is 2.43. The number of amides is 3. The lowest BCUT2D eigenvalue weighted by molar-refractivity contribution is -0.137. The molecule has 1 fully saturated rings. The number of ketones is 1. The van der Waals surface area contributed by atoms with E-state index in [0.29, 0.717) is 16.7 Å². The maximum atomic E-state index is 14.6. The van der Waals surface area contributed by atoms with Crippen molar-refractivity contribution in [2.24, 2.45) is 0 Å². The molecule has 4 heterocycles. The van der Waals surface area contributed by atoms with Crippen LogP contribution in [-0.4, -0.2) is 90.9 Å². The molecule has 5 rings (SSSR count). The number of pyridine rings is 1. The molecule has 1 aliphatic heterocycles. The van der Waals surface area contributed by atoms with Crippen LogP contribution in [0.3, 0.4) is 0 Å². The number of carbonyl (C=O) groups is 4. The Morgan fingerprint density at radius 1 is 1.05 bits per heavy atom. The van der Waals surface area contributed by atoms with Gasteiger partial charge >= 0.3 is 0 Å². The van der Waals surface area contributed by atoms with Crippen molar-refractivity contribution in [3.8, 4) is 11.1 Å².